The van der Waals surface area contributed by atoms with Crippen molar-refractivity contribution >= 4 is 12.0 Å². The van der Waals surface area contributed by atoms with E-state index in [9.17, 15) is 9.59 Å². The zero-order valence-corrected chi connectivity index (χ0v) is 12.7. The van der Waals surface area contributed by atoms with Crippen molar-refractivity contribution in [3.8, 4) is 0 Å². The first-order chi connectivity index (χ1) is 9.47. The van der Waals surface area contributed by atoms with Crippen molar-refractivity contribution in [3.05, 3.63) is 0 Å². The summed E-state index contributed by atoms with van der Waals surface area (Å²) in [7, 11) is 3.11. The maximum atomic E-state index is 12.2. The number of nitrogens with one attached hydrogen (secondary N) is 1. The maximum Gasteiger partial charge on any atom is 0.326 e. The number of rotatable bonds is 10. The molecule has 0 aromatic rings. The summed E-state index contributed by atoms with van der Waals surface area (Å²) >= 11 is 0. The molecule has 0 aliphatic carbocycles. The SMILES string of the molecule is CCCC(NC(=O)N(CCOC)C(C)COC)C(=O)O. The van der Waals surface area contributed by atoms with Crippen LogP contribution in [0.5, 0.6) is 0 Å². The molecule has 0 aromatic heterocycles. The second-order valence-electron chi connectivity index (χ2n) is 4.62. The molecule has 2 amide bonds. The molecule has 0 spiro atoms. The van der Waals surface area contributed by atoms with Gasteiger partial charge in [0.1, 0.15) is 6.04 Å². The first-order valence-electron chi connectivity index (χ1n) is 6.75. The summed E-state index contributed by atoms with van der Waals surface area (Å²) in [5, 5.41) is 11.6. The third kappa shape index (κ3) is 6.72. The topological polar surface area (TPSA) is 88.1 Å². The maximum absolute atomic E-state index is 12.2. The second-order valence-corrected chi connectivity index (χ2v) is 4.62. The van der Waals surface area contributed by atoms with Gasteiger partial charge in [-0.1, -0.05) is 13.3 Å². The highest BCUT2D eigenvalue weighted by Crippen LogP contribution is 2.04. The van der Waals surface area contributed by atoms with Crippen molar-refractivity contribution in [1.82, 2.24) is 10.2 Å². The molecule has 2 N–H and O–H groups in total. The van der Waals surface area contributed by atoms with E-state index in [-0.39, 0.29) is 6.04 Å². The van der Waals surface area contributed by atoms with Crippen LogP contribution < -0.4 is 5.32 Å². The van der Waals surface area contributed by atoms with Crippen molar-refractivity contribution in [2.24, 2.45) is 0 Å². The Labute approximate surface area is 120 Å². The molecule has 2 unspecified atom stereocenters. The smallest absolute Gasteiger partial charge is 0.326 e. The van der Waals surface area contributed by atoms with Gasteiger partial charge in [0.2, 0.25) is 0 Å². The van der Waals surface area contributed by atoms with Crippen LogP contribution >= 0.6 is 0 Å². The monoisotopic (exact) mass is 290 g/mol. The predicted molar refractivity (Wildman–Crippen MR) is 74.8 cm³/mol. The zero-order chi connectivity index (χ0) is 15.5. The van der Waals surface area contributed by atoms with E-state index >= 15 is 0 Å². The van der Waals surface area contributed by atoms with Gasteiger partial charge in [0.25, 0.3) is 0 Å². The molecule has 2 atom stereocenters. The molecule has 0 bridgehead atoms. The zero-order valence-electron chi connectivity index (χ0n) is 12.7. The van der Waals surface area contributed by atoms with E-state index in [1.807, 2.05) is 13.8 Å². The standard InChI is InChI=1S/C13H26N2O5/c1-5-6-11(12(16)17)14-13(18)15(7-8-19-3)10(2)9-20-4/h10-11H,5-9H2,1-4H3,(H,14,18)(H,16,17). The number of amides is 2. The second kappa shape index (κ2) is 10.4. The van der Waals surface area contributed by atoms with E-state index in [0.29, 0.717) is 32.6 Å². The molecule has 118 valence electrons. The Morgan fingerprint density at radius 3 is 2.40 bits per heavy atom. The minimum absolute atomic E-state index is 0.161. The number of carboxylic acid groups (broad SMARTS) is 1. The summed E-state index contributed by atoms with van der Waals surface area (Å²) in [6, 6.07) is -1.44. The molecule has 0 rings (SSSR count). The van der Waals surface area contributed by atoms with E-state index in [1.165, 1.54) is 4.90 Å². The van der Waals surface area contributed by atoms with Crippen molar-refractivity contribution in [1.29, 1.82) is 0 Å². The van der Waals surface area contributed by atoms with E-state index in [1.54, 1.807) is 14.2 Å². The number of nitrogens with zero attached hydrogens (tertiary/aromatic N) is 1. The van der Waals surface area contributed by atoms with Crippen molar-refractivity contribution in [3.63, 3.8) is 0 Å². The number of hydrogen-bond donors (Lipinski definition) is 2. The minimum atomic E-state index is -1.02. The van der Waals surface area contributed by atoms with Gasteiger partial charge in [-0.3, -0.25) is 0 Å². The highest BCUT2D eigenvalue weighted by atomic mass is 16.5. The van der Waals surface area contributed by atoms with Gasteiger partial charge in [-0.25, -0.2) is 9.59 Å². The van der Waals surface area contributed by atoms with Gasteiger partial charge < -0.3 is 24.8 Å². The van der Waals surface area contributed by atoms with Crippen LogP contribution in [0, 0.1) is 0 Å². The molecule has 0 saturated carbocycles. The molecule has 0 fully saturated rings. The lowest BCUT2D eigenvalue weighted by atomic mass is 10.2. The normalized spacial score (nSPS) is 13.6. The third-order valence-corrected chi connectivity index (χ3v) is 2.91. The number of urea groups is 1. The van der Waals surface area contributed by atoms with Gasteiger partial charge in [0, 0.05) is 20.8 Å². The highest BCUT2D eigenvalue weighted by molar-refractivity contribution is 5.82. The van der Waals surface area contributed by atoms with Crippen LogP contribution in [0.15, 0.2) is 0 Å². The number of methoxy groups -OCH3 is 2. The van der Waals surface area contributed by atoms with Crippen LogP contribution in [-0.4, -0.2) is 68.1 Å². The first-order valence-corrected chi connectivity index (χ1v) is 6.75. The third-order valence-electron chi connectivity index (χ3n) is 2.91. The average Bonchev–Trinajstić information content (AvgIpc) is 2.38. The number of carboxylic acids is 1. The van der Waals surface area contributed by atoms with Crippen LogP contribution in [0.3, 0.4) is 0 Å². The average molecular weight is 290 g/mol. The van der Waals surface area contributed by atoms with Crippen LogP contribution in [-0.2, 0) is 14.3 Å². The Balaban J connectivity index is 4.69. The lowest BCUT2D eigenvalue weighted by Crippen LogP contribution is -2.52. The quantitative estimate of drug-likeness (QED) is 0.625. The summed E-state index contributed by atoms with van der Waals surface area (Å²) in [4.78, 5) is 24.8. The molecule has 0 radical (unpaired) electrons. The molecular weight excluding hydrogens is 264 g/mol. The Hall–Kier alpha value is -1.34. The Bertz CT molecular complexity index is 298. The number of ether oxygens (including phenoxy) is 2. The summed E-state index contributed by atoms with van der Waals surface area (Å²) in [6.07, 6.45) is 1.08. The van der Waals surface area contributed by atoms with Gasteiger partial charge in [0.15, 0.2) is 0 Å². The summed E-state index contributed by atoms with van der Waals surface area (Å²) in [6.45, 7) is 4.85. The number of aliphatic carboxylic acids is 1. The van der Waals surface area contributed by atoms with Crippen molar-refractivity contribution < 1.29 is 24.2 Å². The van der Waals surface area contributed by atoms with E-state index < -0.39 is 18.0 Å². The van der Waals surface area contributed by atoms with E-state index in [4.69, 9.17) is 14.6 Å². The predicted octanol–water partition coefficient (Wildman–Crippen LogP) is 0.933. The van der Waals surface area contributed by atoms with E-state index in [2.05, 4.69) is 5.32 Å². The number of hydrogen-bond acceptors (Lipinski definition) is 4. The lowest BCUT2D eigenvalue weighted by molar-refractivity contribution is -0.139. The van der Waals surface area contributed by atoms with Gasteiger partial charge in [-0.15, -0.1) is 0 Å². The molecule has 0 aliphatic heterocycles. The fourth-order valence-corrected chi connectivity index (χ4v) is 1.82. The summed E-state index contributed by atoms with van der Waals surface area (Å²) in [5.41, 5.74) is 0. The summed E-state index contributed by atoms with van der Waals surface area (Å²) < 4.78 is 10.0. The van der Waals surface area contributed by atoms with Gasteiger partial charge >= 0.3 is 12.0 Å². The Morgan fingerprint density at radius 2 is 1.95 bits per heavy atom. The lowest BCUT2D eigenvalue weighted by Gasteiger charge is -2.30. The molecule has 0 aromatic carbocycles. The van der Waals surface area contributed by atoms with Crippen LogP contribution in [0.4, 0.5) is 4.79 Å². The Morgan fingerprint density at radius 1 is 1.30 bits per heavy atom. The first kappa shape index (κ1) is 18.7. The van der Waals surface area contributed by atoms with Crippen LogP contribution in [0.1, 0.15) is 26.7 Å². The van der Waals surface area contributed by atoms with Crippen molar-refractivity contribution in [2.75, 3.05) is 34.0 Å². The molecular formula is C13H26N2O5. The molecule has 0 heterocycles. The van der Waals surface area contributed by atoms with Gasteiger partial charge in [0.05, 0.1) is 19.3 Å². The molecule has 7 heteroatoms. The molecule has 20 heavy (non-hydrogen) atoms. The highest BCUT2D eigenvalue weighted by Gasteiger charge is 2.25. The minimum Gasteiger partial charge on any atom is -0.480 e. The fraction of sp³-hybridized carbons (Fsp3) is 0.846. The van der Waals surface area contributed by atoms with Gasteiger partial charge in [-0.2, -0.15) is 0 Å². The molecule has 7 nitrogen and oxygen atoms in total. The van der Waals surface area contributed by atoms with Crippen LogP contribution in [0.25, 0.3) is 0 Å². The summed E-state index contributed by atoms with van der Waals surface area (Å²) in [5.74, 6) is -1.02. The largest absolute Gasteiger partial charge is 0.480 e. The fourth-order valence-electron chi connectivity index (χ4n) is 1.82. The van der Waals surface area contributed by atoms with Gasteiger partial charge in [-0.05, 0) is 13.3 Å². The van der Waals surface area contributed by atoms with Crippen LogP contribution in [0.2, 0.25) is 0 Å². The Kier molecular flexibility index (Phi) is 9.75. The van der Waals surface area contributed by atoms with Crippen molar-refractivity contribution in [2.45, 2.75) is 38.8 Å². The number of carbonyl (C=O) groups excluding carboxylic acids is 1. The molecule has 0 saturated heterocycles. The van der Waals surface area contributed by atoms with E-state index in [0.717, 1.165) is 0 Å². The molecule has 0 aliphatic rings. The number of carbonyl (C=O) groups is 2.